The van der Waals surface area contributed by atoms with Crippen molar-refractivity contribution < 1.29 is 15.0 Å². The van der Waals surface area contributed by atoms with Crippen LogP contribution < -0.4 is 5.32 Å². The number of rotatable bonds is 18. The van der Waals surface area contributed by atoms with Crippen LogP contribution in [0.4, 0.5) is 0 Å². The molecule has 27 heavy (non-hydrogen) atoms. The standard InChI is InChI=1S/C22H42N2O3/c1-3-4-5-6-7-8-10-13-19(2)14-11-9-12-15-21(26)20(18-25)24-22(27)16-17-23/h19-21,25-26H,3-16,18H2,1-2H3,(H,24,27). The van der Waals surface area contributed by atoms with Crippen LogP contribution in [0.2, 0.25) is 0 Å². The van der Waals surface area contributed by atoms with E-state index >= 15 is 0 Å². The average Bonchev–Trinajstić information content (AvgIpc) is 2.65. The zero-order chi connectivity index (χ0) is 20.3. The van der Waals surface area contributed by atoms with Gasteiger partial charge < -0.3 is 15.5 Å². The average molecular weight is 383 g/mol. The molecule has 0 saturated heterocycles. The lowest BCUT2D eigenvalue weighted by Crippen LogP contribution is -2.45. The van der Waals surface area contributed by atoms with Gasteiger partial charge in [0.15, 0.2) is 0 Å². The number of hydrogen-bond donors (Lipinski definition) is 3. The lowest BCUT2D eigenvalue weighted by molar-refractivity contribution is -0.122. The Hall–Kier alpha value is -1.12. The lowest BCUT2D eigenvalue weighted by atomic mass is 9.95. The molecule has 0 heterocycles. The molecule has 0 saturated carbocycles. The molecule has 3 atom stereocenters. The second-order valence-corrected chi connectivity index (χ2v) is 7.91. The van der Waals surface area contributed by atoms with Crippen LogP contribution in [0, 0.1) is 17.2 Å². The van der Waals surface area contributed by atoms with Crippen molar-refractivity contribution in [1.29, 1.82) is 5.26 Å². The van der Waals surface area contributed by atoms with Crippen LogP contribution >= 0.6 is 0 Å². The SMILES string of the molecule is CCCCCCCCCC(C)CCCCCC(O)C(CO)NC(=O)CC#N. The Balaban J connectivity index is 3.65. The molecule has 3 unspecified atom stereocenters. The molecule has 0 aliphatic carbocycles. The number of unbranched alkanes of at least 4 members (excludes halogenated alkanes) is 8. The number of amides is 1. The number of carbonyl (C=O) groups excluding carboxylic acids is 1. The summed E-state index contributed by atoms with van der Waals surface area (Å²) in [6.07, 6.45) is 14.7. The minimum atomic E-state index is -0.761. The van der Waals surface area contributed by atoms with Gasteiger partial charge in [0.05, 0.1) is 24.8 Å². The van der Waals surface area contributed by atoms with E-state index in [0.29, 0.717) is 6.42 Å². The minimum absolute atomic E-state index is 0.250. The Labute approximate surface area is 166 Å². The first-order valence-electron chi connectivity index (χ1n) is 11.0. The van der Waals surface area contributed by atoms with E-state index in [4.69, 9.17) is 5.26 Å². The smallest absolute Gasteiger partial charge is 0.234 e. The highest BCUT2D eigenvalue weighted by Crippen LogP contribution is 2.18. The quantitative estimate of drug-likeness (QED) is 0.305. The van der Waals surface area contributed by atoms with Crippen molar-refractivity contribution >= 4 is 5.91 Å². The van der Waals surface area contributed by atoms with Crippen molar-refractivity contribution in [2.75, 3.05) is 6.61 Å². The molecule has 5 heteroatoms. The van der Waals surface area contributed by atoms with Gasteiger partial charge in [-0.15, -0.1) is 0 Å². The Kier molecular flexibility index (Phi) is 17.5. The third kappa shape index (κ3) is 15.6. The molecule has 0 aromatic rings. The number of nitrogens with one attached hydrogen (secondary N) is 1. The number of nitrogens with zero attached hydrogens (tertiary/aromatic N) is 1. The van der Waals surface area contributed by atoms with Gasteiger partial charge in [-0.1, -0.05) is 90.9 Å². The van der Waals surface area contributed by atoms with E-state index in [1.807, 2.05) is 0 Å². The van der Waals surface area contributed by atoms with Crippen molar-refractivity contribution in [2.45, 2.75) is 116 Å². The van der Waals surface area contributed by atoms with Crippen LogP contribution in [0.15, 0.2) is 0 Å². The summed E-state index contributed by atoms with van der Waals surface area (Å²) in [6, 6.07) is 1.08. The lowest BCUT2D eigenvalue weighted by Gasteiger charge is -2.21. The molecule has 0 aromatic carbocycles. The second-order valence-electron chi connectivity index (χ2n) is 7.91. The summed E-state index contributed by atoms with van der Waals surface area (Å²) in [5.41, 5.74) is 0. The van der Waals surface area contributed by atoms with Crippen LogP contribution in [0.1, 0.15) is 104 Å². The fourth-order valence-electron chi connectivity index (χ4n) is 3.41. The third-order valence-electron chi connectivity index (χ3n) is 5.24. The molecule has 0 fully saturated rings. The van der Waals surface area contributed by atoms with Crippen LogP contribution in [-0.2, 0) is 4.79 Å². The summed E-state index contributed by atoms with van der Waals surface area (Å²) >= 11 is 0. The molecule has 3 N–H and O–H groups in total. The second kappa shape index (κ2) is 18.3. The van der Waals surface area contributed by atoms with E-state index < -0.39 is 18.1 Å². The summed E-state index contributed by atoms with van der Waals surface area (Å²) in [5.74, 6) is 0.316. The van der Waals surface area contributed by atoms with Gasteiger partial charge in [-0.3, -0.25) is 4.79 Å². The third-order valence-corrected chi connectivity index (χ3v) is 5.24. The van der Waals surface area contributed by atoms with Gasteiger partial charge in [0.25, 0.3) is 0 Å². The highest BCUT2D eigenvalue weighted by molar-refractivity contribution is 5.78. The Morgan fingerprint density at radius 2 is 1.48 bits per heavy atom. The first-order valence-corrected chi connectivity index (χ1v) is 11.0. The first-order chi connectivity index (χ1) is 13.0. The minimum Gasteiger partial charge on any atom is -0.394 e. The molecule has 0 aliphatic rings. The topological polar surface area (TPSA) is 93.3 Å². The predicted molar refractivity (Wildman–Crippen MR) is 110 cm³/mol. The number of aliphatic hydroxyl groups is 2. The van der Waals surface area contributed by atoms with E-state index in [2.05, 4.69) is 19.2 Å². The summed E-state index contributed by atoms with van der Waals surface area (Å²) in [5, 5.41) is 30.4. The van der Waals surface area contributed by atoms with Crippen LogP contribution in [0.5, 0.6) is 0 Å². The van der Waals surface area contributed by atoms with Gasteiger partial charge >= 0.3 is 0 Å². The normalized spacial score (nSPS) is 14.3. The molecular formula is C22H42N2O3. The summed E-state index contributed by atoms with van der Waals surface area (Å²) in [6.45, 7) is 4.27. The maximum absolute atomic E-state index is 11.4. The van der Waals surface area contributed by atoms with Gasteiger partial charge in [-0.25, -0.2) is 0 Å². The van der Waals surface area contributed by atoms with Crippen molar-refractivity contribution in [2.24, 2.45) is 5.92 Å². The Morgan fingerprint density at radius 3 is 2.04 bits per heavy atom. The van der Waals surface area contributed by atoms with Crippen LogP contribution in [0.25, 0.3) is 0 Å². The number of hydrogen-bond acceptors (Lipinski definition) is 4. The monoisotopic (exact) mass is 382 g/mol. The molecule has 0 bridgehead atoms. The maximum Gasteiger partial charge on any atom is 0.234 e. The van der Waals surface area contributed by atoms with Crippen LogP contribution in [0.3, 0.4) is 0 Å². The highest BCUT2D eigenvalue weighted by Gasteiger charge is 2.19. The van der Waals surface area contributed by atoms with E-state index in [9.17, 15) is 15.0 Å². The van der Waals surface area contributed by atoms with Gasteiger partial charge in [0, 0.05) is 0 Å². The fourth-order valence-corrected chi connectivity index (χ4v) is 3.41. The van der Waals surface area contributed by atoms with Crippen molar-refractivity contribution in [3.8, 4) is 6.07 Å². The number of nitriles is 1. The van der Waals surface area contributed by atoms with Gasteiger partial charge in [-0.2, -0.15) is 5.26 Å². The van der Waals surface area contributed by atoms with Gasteiger partial charge in [0.1, 0.15) is 6.42 Å². The molecule has 158 valence electrons. The Morgan fingerprint density at radius 1 is 0.963 bits per heavy atom. The number of carbonyl (C=O) groups is 1. The van der Waals surface area contributed by atoms with E-state index in [1.54, 1.807) is 6.07 Å². The van der Waals surface area contributed by atoms with Crippen molar-refractivity contribution in [3.63, 3.8) is 0 Å². The van der Waals surface area contributed by atoms with E-state index in [0.717, 1.165) is 25.2 Å². The van der Waals surface area contributed by atoms with Crippen molar-refractivity contribution in [3.05, 3.63) is 0 Å². The summed E-state index contributed by atoms with van der Waals surface area (Å²) in [4.78, 5) is 11.4. The fraction of sp³-hybridized carbons (Fsp3) is 0.909. The molecule has 0 spiro atoms. The molecule has 0 aromatic heterocycles. The van der Waals surface area contributed by atoms with Gasteiger partial charge in [-0.05, 0) is 12.3 Å². The summed E-state index contributed by atoms with van der Waals surface area (Å²) < 4.78 is 0. The van der Waals surface area contributed by atoms with Crippen molar-refractivity contribution in [1.82, 2.24) is 5.32 Å². The molecule has 0 rings (SSSR count). The highest BCUT2D eigenvalue weighted by atomic mass is 16.3. The Bertz CT molecular complexity index is 396. The molecule has 0 aliphatic heterocycles. The van der Waals surface area contributed by atoms with Crippen LogP contribution in [-0.4, -0.2) is 34.9 Å². The molecular weight excluding hydrogens is 340 g/mol. The maximum atomic E-state index is 11.4. The molecule has 0 radical (unpaired) electrons. The van der Waals surface area contributed by atoms with Gasteiger partial charge in [0.2, 0.25) is 5.91 Å². The largest absolute Gasteiger partial charge is 0.394 e. The van der Waals surface area contributed by atoms with E-state index in [1.165, 1.54) is 57.8 Å². The zero-order valence-corrected chi connectivity index (χ0v) is 17.6. The first kappa shape index (κ1) is 25.9. The summed E-state index contributed by atoms with van der Waals surface area (Å²) in [7, 11) is 0. The molecule has 5 nitrogen and oxygen atoms in total. The predicted octanol–water partition coefficient (Wildman–Crippen LogP) is 4.47. The molecule has 1 amide bonds. The zero-order valence-electron chi connectivity index (χ0n) is 17.6. The van der Waals surface area contributed by atoms with E-state index in [-0.39, 0.29) is 13.0 Å². The number of aliphatic hydroxyl groups excluding tert-OH is 2.